The first-order chi connectivity index (χ1) is 5.83. The maximum atomic E-state index is 9.04. The van der Waals surface area contributed by atoms with Gasteiger partial charge in [-0.1, -0.05) is 6.42 Å². The van der Waals surface area contributed by atoms with E-state index in [4.69, 9.17) is 5.26 Å². The molecule has 0 radical (unpaired) electrons. The lowest BCUT2D eigenvalue weighted by Gasteiger charge is -2.45. The number of rotatable bonds is 2. The van der Waals surface area contributed by atoms with E-state index in [1.807, 2.05) is 0 Å². The minimum atomic E-state index is 0.331. The second kappa shape index (κ2) is 3.06. The fraction of sp³-hybridized carbons (Fsp3) is 0.900. The molecule has 2 aliphatic rings. The van der Waals surface area contributed by atoms with Crippen molar-refractivity contribution >= 4 is 0 Å². The molecule has 0 aromatic rings. The minimum absolute atomic E-state index is 0.331. The summed E-state index contributed by atoms with van der Waals surface area (Å²) in [5.74, 6) is 1.06. The molecule has 0 bridgehead atoms. The Balaban J connectivity index is 1.94. The third-order valence-electron chi connectivity index (χ3n) is 3.57. The van der Waals surface area contributed by atoms with Gasteiger partial charge in [0.1, 0.15) is 0 Å². The van der Waals surface area contributed by atoms with Crippen LogP contribution >= 0.6 is 0 Å². The van der Waals surface area contributed by atoms with Crippen LogP contribution in [0.5, 0.6) is 0 Å². The van der Waals surface area contributed by atoms with Crippen molar-refractivity contribution in [2.45, 2.75) is 31.7 Å². The third kappa shape index (κ3) is 1.13. The van der Waals surface area contributed by atoms with Crippen molar-refractivity contribution in [2.75, 3.05) is 13.6 Å². The Morgan fingerprint density at radius 2 is 2.17 bits per heavy atom. The maximum absolute atomic E-state index is 9.04. The molecule has 1 saturated carbocycles. The Bertz CT molecular complexity index is 202. The van der Waals surface area contributed by atoms with Crippen molar-refractivity contribution in [3.8, 4) is 6.07 Å². The normalized spacial score (nSPS) is 33.2. The molecule has 1 saturated heterocycles. The van der Waals surface area contributed by atoms with Crippen LogP contribution in [0.4, 0.5) is 0 Å². The summed E-state index contributed by atoms with van der Waals surface area (Å²) in [5.41, 5.74) is 0. The zero-order chi connectivity index (χ0) is 8.55. The van der Waals surface area contributed by atoms with Crippen LogP contribution in [0.15, 0.2) is 0 Å². The van der Waals surface area contributed by atoms with Crippen LogP contribution in [0.2, 0.25) is 0 Å². The number of hydrogen-bond acceptors (Lipinski definition) is 2. The van der Waals surface area contributed by atoms with Crippen LogP contribution in [-0.2, 0) is 0 Å². The number of hydrogen-bond donors (Lipinski definition) is 0. The molecule has 2 heteroatoms. The van der Waals surface area contributed by atoms with E-state index in [0.717, 1.165) is 5.92 Å². The highest BCUT2D eigenvalue weighted by molar-refractivity contribution is 5.02. The number of likely N-dealkylation sites (tertiary alicyclic amines) is 1. The maximum Gasteiger partial charge on any atom is 0.0675 e. The summed E-state index contributed by atoms with van der Waals surface area (Å²) >= 11 is 0. The summed E-state index contributed by atoms with van der Waals surface area (Å²) < 4.78 is 0. The Morgan fingerprint density at radius 3 is 2.42 bits per heavy atom. The lowest BCUT2D eigenvalue weighted by atomic mass is 9.71. The second-order valence-corrected chi connectivity index (χ2v) is 4.18. The lowest BCUT2D eigenvalue weighted by molar-refractivity contribution is 0.0493. The van der Waals surface area contributed by atoms with Crippen molar-refractivity contribution in [2.24, 2.45) is 11.8 Å². The molecular weight excluding hydrogens is 148 g/mol. The van der Waals surface area contributed by atoms with Gasteiger partial charge in [-0.05, 0) is 38.8 Å². The van der Waals surface area contributed by atoms with E-state index in [1.54, 1.807) is 0 Å². The summed E-state index contributed by atoms with van der Waals surface area (Å²) in [6.07, 6.45) is 5.18. The summed E-state index contributed by atoms with van der Waals surface area (Å²) in [7, 11) is 2.14. The van der Waals surface area contributed by atoms with Crippen LogP contribution in [0.3, 0.4) is 0 Å². The molecule has 66 valence electrons. The Labute approximate surface area is 74.2 Å². The molecule has 2 rings (SSSR count). The van der Waals surface area contributed by atoms with Gasteiger partial charge in [0.15, 0.2) is 0 Å². The molecule has 1 heterocycles. The Kier molecular flexibility index (Phi) is 2.06. The van der Waals surface area contributed by atoms with E-state index in [1.165, 1.54) is 32.2 Å². The quantitative estimate of drug-likeness (QED) is 0.620. The summed E-state index contributed by atoms with van der Waals surface area (Å²) in [4.78, 5) is 2.33. The largest absolute Gasteiger partial charge is 0.302 e. The molecule has 1 aliphatic carbocycles. The van der Waals surface area contributed by atoms with E-state index in [-0.39, 0.29) is 0 Å². The van der Waals surface area contributed by atoms with Gasteiger partial charge < -0.3 is 4.90 Å². The zero-order valence-electron chi connectivity index (χ0n) is 7.66. The predicted octanol–water partition coefficient (Wildman–Crippen LogP) is 1.63. The van der Waals surface area contributed by atoms with Gasteiger partial charge >= 0.3 is 0 Å². The van der Waals surface area contributed by atoms with Crippen LogP contribution < -0.4 is 0 Å². The van der Waals surface area contributed by atoms with E-state index in [2.05, 4.69) is 18.0 Å². The van der Waals surface area contributed by atoms with Crippen molar-refractivity contribution < 1.29 is 0 Å². The highest BCUT2D eigenvalue weighted by Crippen LogP contribution is 2.38. The molecule has 0 N–H and O–H groups in total. The van der Waals surface area contributed by atoms with E-state index in [9.17, 15) is 0 Å². The van der Waals surface area contributed by atoms with Crippen molar-refractivity contribution in [3.63, 3.8) is 0 Å². The van der Waals surface area contributed by atoms with Crippen LogP contribution in [0.1, 0.15) is 25.7 Å². The molecule has 0 spiro atoms. The molecular formula is C10H16N2. The first-order valence-corrected chi connectivity index (χ1v) is 4.93. The Morgan fingerprint density at radius 1 is 1.42 bits per heavy atom. The highest BCUT2D eigenvalue weighted by Gasteiger charge is 2.39. The molecule has 0 aromatic carbocycles. The van der Waals surface area contributed by atoms with Gasteiger partial charge in [0, 0.05) is 6.04 Å². The van der Waals surface area contributed by atoms with Crippen molar-refractivity contribution in [1.29, 1.82) is 5.26 Å². The van der Waals surface area contributed by atoms with Crippen molar-refractivity contribution in [3.05, 3.63) is 0 Å². The second-order valence-electron chi connectivity index (χ2n) is 4.18. The van der Waals surface area contributed by atoms with Gasteiger partial charge in [0.25, 0.3) is 0 Å². The first kappa shape index (κ1) is 8.07. The van der Waals surface area contributed by atoms with Gasteiger partial charge in [0.2, 0.25) is 0 Å². The predicted molar refractivity (Wildman–Crippen MR) is 47.5 cm³/mol. The van der Waals surface area contributed by atoms with E-state index in [0.29, 0.717) is 12.0 Å². The average Bonchev–Trinajstić information content (AvgIpc) is 1.97. The molecule has 0 aromatic heterocycles. The van der Waals surface area contributed by atoms with Crippen LogP contribution in [0, 0.1) is 23.2 Å². The number of nitriles is 1. The van der Waals surface area contributed by atoms with Crippen molar-refractivity contribution in [1.82, 2.24) is 4.90 Å². The van der Waals surface area contributed by atoms with Gasteiger partial charge in [-0.15, -0.1) is 0 Å². The first-order valence-electron chi connectivity index (χ1n) is 4.93. The zero-order valence-corrected chi connectivity index (χ0v) is 7.66. The average molecular weight is 164 g/mol. The molecule has 2 unspecified atom stereocenters. The van der Waals surface area contributed by atoms with E-state index < -0.39 is 0 Å². The third-order valence-corrected chi connectivity index (χ3v) is 3.57. The van der Waals surface area contributed by atoms with Gasteiger partial charge in [0.05, 0.1) is 12.0 Å². The summed E-state index contributed by atoms with van der Waals surface area (Å²) in [6.45, 7) is 1.19. The monoisotopic (exact) mass is 164 g/mol. The lowest BCUT2D eigenvalue weighted by Crippen LogP contribution is -2.51. The van der Waals surface area contributed by atoms with Gasteiger partial charge in [-0.2, -0.15) is 5.26 Å². The Hall–Kier alpha value is -0.550. The van der Waals surface area contributed by atoms with E-state index >= 15 is 0 Å². The van der Waals surface area contributed by atoms with Gasteiger partial charge in [-0.3, -0.25) is 0 Å². The summed E-state index contributed by atoms with van der Waals surface area (Å²) in [5, 5.41) is 9.04. The molecule has 0 amide bonds. The minimum Gasteiger partial charge on any atom is -0.302 e. The van der Waals surface area contributed by atoms with Crippen LogP contribution in [-0.4, -0.2) is 24.5 Å². The molecule has 12 heavy (non-hydrogen) atoms. The smallest absolute Gasteiger partial charge is 0.0675 e. The number of nitrogens with zero attached hydrogens (tertiary/aromatic N) is 2. The summed E-state index contributed by atoms with van der Waals surface area (Å²) in [6, 6.07) is 3.08. The topological polar surface area (TPSA) is 27.0 Å². The SMILES string of the molecule is CN1CCC1C(C#N)C1CCC1. The highest BCUT2D eigenvalue weighted by atomic mass is 15.2. The molecule has 1 aliphatic heterocycles. The fourth-order valence-electron chi connectivity index (χ4n) is 2.29. The molecule has 2 atom stereocenters. The van der Waals surface area contributed by atoms with Gasteiger partial charge in [-0.25, -0.2) is 0 Å². The fourth-order valence-corrected chi connectivity index (χ4v) is 2.29. The molecule has 2 fully saturated rings. The standard InChI is InChI=1S/C10H16N2/c1-12-6-5-10(12)9(7-11)8-3-2-4-8/h8-10H,2-6H2,1H3. The molecule has 2 nitrogen and oxygen atoms in total. The van der Waals surface area contributed by atoms with Crippen LogP contribution in [0.25, 0.3) is 0 Å².